The van der Waals surface area contributed by atoms with Crippen LogP contribution in [0.3, 0.4) is 0 Å². The van der Waals surface area contributed by atoms with Crippen LogP contribution in [0, 0.1) is 6.92 Å². The third-order valence-corrected chi connectivity index (χ3v) is 3.58. The highest BCUT2D eigenvalue weighted by Gasteiger charge is 2.30. The Kier molecular flexibility index (Phi) is 3.58. The maximum Gasteiger partial charge on any atom is 0.278 e. The molecule has 0 saturated carbocycles. The summed E-state index contributed by atoms with van der Waals surface area (Å²) in [5.74, 6) is -0.366. The molecule has 112 valence electrons. The molecule has 1 aromatic heterocycles. The Labute approximate surface area is 128 Å². The van der Waals surface area contributed by atoms with Crippen LogP contribution in [0.2, 0.25) is 0 Å². The molecule has 1 aliphatic heterocycles. The van der Waals surface area contributed by atoms with Crippen LogP contribution >= 0.6 is 0 Å². The highest BCUT2D eigenvalue weighted by Crippen LogP contribution is 2.32. The number of aromatic nitrogens is 2. The molecule has 1 N–H and O–H groups in total. The first-order valence-electron chi connectivity index (χ1n) is 7.07. The Morgan fingerprint density at radius 1 is 1.27 bits per heavy atom. The van der Waals surface area contributed by atoms with Crippen LogP contribution in [-0.4, -0.2) is 27.8 Å². The molecule has 6 heteroatoms. The number of fused-ring (bicyclic) bond motifs is 1. The number of nitrogens with one attached hydrogen (secondary N) is 1. The van der Waals surface area contributed by atoms with Crippen molar-refractivity contribution < 1.29 is 9.59 Å². The largest absolute Gasteiger partial charge is 0.324 e. The lowest BCUT2D eigenvalue weighted by Gasteiger charge is -2.27. The second kappa shape index (κ2) is 5.55. The van der Waals surface area contributed by atoms with Gasteiger partial charge in [-0.1, -0.05) is 12.1 Å². The van der Waals surface area contributed by atoms with Crippen LogP contribution in [0.5, 0.6) is 0 Å². The number of carbonyl (C=O) groups excluding carboxylic acids is 2. The minimum Gasteiger partial charge on any atom is -0.324 e. The predicted molar refractivity (Wildman–Crippen MR) is 82.7 cm³/mol. The van der Waals surface area contributed by atoms with Gasteiger partial charge in [0.2, 0.25) is 5.91 Å². The number of benzene rings is 1. The van der Waals surface area contributed by atoms with E-state index >= 15 is 0 Å². The minimum absolute atomic E-state index is 0.106. The first-order chi connectivity index (χ1) is 10.6. The van der Waals surface area contributed by atoms with Crippen molar-refractivity contribution in [2.45, 2.75) is 26.3 Å². The topological polar surface area (TPSA) is 75.2 Å². The Morgan fingerprint density at radius 2 is 2.05 bits per heavy atom. The first kappa shape index (κ1) is 14.2. The van der Waals surface area contributed by atoms with Gasteiger partial charge < -0.3 is 10.2 Å². The average molecular weight is 296 g/mol. The summed E-state index contributed by atoms with van der Waals surface area (Å²) in [6.07, 6.45) is 3.26. The summed E-state index contributed by atoms with van der Waals surface area (Å²) in [5.41, 5.74) is 2.32. The van der Waals surface area contributed by atoms with E-state index in [1.54, 1.807) is 17.2 Å². The Bertz CT molecular complexity index is 727. The van der Waals surface area contributed by atoms with Crippen LogP contribution in [0.1, 0.15) is 29.5 Å². The van der Waals surface area contributed by atoms with Crippen molar-refractivity contribution >= 4 is 23.2 Å². The quantitative estimate of drug-likeness (QED) is 0.875. The van der Waals surface area contributed by atoms with Gasteiger partial charge in [-0.15, -0.1) is 0 Å². The van der Waals surface area contributed by atoms with Crippen molar-refractivity contribution in [3.63, 3.8) is 0 Å². The Hall–Kier alpha value is -2.76. The van der Waals surface area contributed by atoms with E-state index in [1.807, 2.05) is 32.0 Å². The van der Waals surface area contributed by atoms with E-state index < -0.39 is 0 Å². The maximum atomic E-state index is 12.8. The maximum absolute atomic E-state index is 12.8. The summed E-state index contributed by atoms with van der Waals surface area (Å²) in [7, 11) is 0. The second-order valence-electron chi connectivity index (χ2n) is 5.34. The monoisotopic (exact) mass is 296 g/mol. The summed E-state index contributed by atoms with van der Waals surface area (Å²) in [6, 6.07) is 7.00. The lowest BCUT2D eigenvalue weighted by molar-refractivity contribution is -0.116. The molecule has 0 spiro atoms. The van der Waals surface area contributed by atoms with Gasteiger partial charge in [0.05, 0.1) is 23.3 Å². The molecule has 0 saturated heterocycles. The molecule has 0 fully saturated rings. The fraction of sp³-hybridized carbons (Fsp3) is 0.250. The molecule has 3 rings (SSSR count). The molecule has 0 aliphatic carbocycles. The molecule has 0 bridgehead atoms. The summed E-state index contributed by atoms with van der Waals surface area (Å²) < 4.78 is 0. The van der Waals surface area contributed by atoms with E-state index in [0.717, 1.165) is 5.69 Å². The zero-order valence-electron chi connectivity index (χ0n) is 12.4. The van der Waals surface area contributed by atoms with Gasteiger partial charge in [-0.2, -0.15) is 0 Å². The number of rotatable bonds is 1. The number of hydrogen-bond acceptors (Lipinski definition) is 4. The zero-order chi connectivity index (χ0) is 15.7. The summed E-state index contributed by atoms with van der Waals surface area (Å²) in [6.45, 7) is 3.66. The average Bonchev–Trinajstić information content (AvgIpc) is 2.61. The van der Waals surface area contributed by atoms with E-state index in [-0.39, 0.29) is 30.0 Å². The molecule has 6 nitrogen and oxygen atoms in total. The number of amides is 2. The van der Waals surface area contributed by atoms with Crippen LogP contribution in [0.4, 0.5) is 11.4 Å². The van der Waals surface area contributed by atoms with Crippen molar-refractivity contribution in [3.8, 4) is 0 Å². The molecule has 22 heavy (non-hydrogen) atoms. The normalized spacial score (nSPS) is 17.5. The lowest BCUT2D eigenvalue weighted by atomic mass is 10.1. The Balaban J connectivity index is 2.05. The van der Waals surface area contributed by atoms with Crippen molar-refractivity contribution in [2.24, 2.45) is 0 Å². The minimum atomic E-state index is -0.265. The fourth-order valence-electron chi connectivity index (χ4n) is 2.52. The third-order valence-electron chi connectivity index (χ3n) is 3.58. The number of hydrogen-bond donors (Lipinski definition) is 1. The number of nitrogens with zero attached hydrogens (tertiary/aromatic N) is 3. The molecule has 2 heterocycles. The van der Waals surface area contributed by atoms with E-state index in [9.17, 15) is 9.59 Å². The van der Waals surface area contributed by atoms with Gasteiger partial charge in [0.1, 0.15) is 5.69 Å². The molecule has 0 radical (unpaired) electrons. The molecule has 1 unspecified atom stereocenters. The van der Waals surface area contributed by atoms with Gasteiger partial charge in [0.15, 0.2) is 0 Å². The van der Waals surface area contributed by atoms with Crippen LogP contribution in [0.15, 0.2) is 36.7 Å². The highest BCUT2D eigenvalue weighted by molar-refractivity contribution is 6.10. The number of carbonyl (C=O) groups is 2. The van der Waals surface area contributed by atoms with Gasteiger partial charge in [-0.05, 0) is 26.0 Å². The van der Waals surface area contributed by atoms with Crippen molar-refractivity contribution in [1.29, 1.82) is 0 Å². The number of para-hydroxylation sites is 2. The smallest absolute Gasteiger partial charge is 0.278 e. The zero-order valence-corrected chi connectivity index (χ0v) is 12.4. The van der Waals surface area contributed by atoms with Gasteiger partial charge in [0.25, 0.3) is 5.91 Å². The molecular weight excluding hydrogens is 280 g/mol. The van der Waals surface area contributed by atoms with Crippen molar-refractivity contribution in [2.75, 3.05) is 10.2 Å². The molecule has 1 aliphatic rings. The van der Waals surface area contributed by atoms with Crippen LogP contribution in [0.25, 0.3) is 0 Å². The van der Waals surface area contributed by atoms with Crippen LogP contribution in [-0.2, 0) is 4.79 Å². The molecule has 1 aromatic carbocycles. The molecule has 2 amide bonds. The second-order valence-corrected chi connectivity index (χ2v) is 5.34. The third kappa shape index (κ3) is 2.55. The van der Waals surface area contributed by atoms with Gasteiger partial charge >= 0.3 is 0 Å². The van der Waals surface area contributed by atoms with E-state index in [2.05, 4.69) is 15.3 Å². The number of aryl methyl sites for hydroxylation is 1. The predicted octanol–water partition coefficient (Wildman–Crippen LogP) is 2.16. The molecule has 1 atom stereocenters. The molecular formula is C16H16N4O2. The standard InChI is InChI=1S/C16H16N4O2/c1-10-8-18-13(9-17-10)16(22)20-11(2)7-15(21)19-12-5-3-4-6-14(12)20/h3-6,8-9,11H,7H2,1-2H3,(H,19,21). The van der Waals surface area contributed by atoms with Crippen molar-refractivity contribution in [3.05, 3.63) is 48.0 Å². The summed E-state index contributed by atoms with van der Waals surface area (Å²) in [4.78, 5) is 34.6. The number of anilines is 2. The SMILES string of the molecule is Cc1cnc(C(=O)N2c3ccccc3NC(=O)CC2C)cn1. The fourth-order valence-corrected chi connectivity index (χ4v) is 2.52. The molecule has 2 aromatic rings. The lowest BCUT2D eigenvalue weighted by Crippen LogP contribution is -2.39. The van der Waals surface area contributed by atoms with Gasteiger partial charge in [0, 0.05) is 18.7 Å². The van der Waals surface area contributed by atoms with Gasteiger partial charge in [-0.3, -0.25) is 14.6 Å². The summed E-state index contributed by atoms with van der Waals surface area (Å²) >= 11 is 0. The van der Waals surface area contributed by atoms with E-state index in [0.29, 0.717) is 11.4 Å². The van der Waals surface area contributed by atoms with Crippen LogP contribution < -0.4 is 10.2 Å². The van der Waals surface area contributed by atoms with Gasteiger partial charge in [-0.25, -0.2) is 4.98 Å². The first-order valence-corrected chi connectivity index (χ1v) is 7.07. The summed E-state index contributed by atoms with van der Waals surface area (Å²) in [5, 5.41) is 2.83. The van der Waals surface area contributed by atoms with Crippen molar-refractivity contribution in [1.82, 2.24) is 9.97 Å². The Morgan fingerprint density at radius 3 is 2.77 bits per heavy atom. The van der Waals surface area contributed by atoms with E-state index in [4.69, 9.17) is 0 Å². The highest BCUT2D eigenvalue weighted by atomic mass is 16.2. The van der Waals surface area contributed by atoms with E-state index in [1.165, 1.54) is 6.20 Å².